The average molecular weight is 509 g/mol. The Hall–Kier alpha value is -4.31. The highest BCUT2D eigenvalue weighted by Crippen LogP contribution is 2.39. The number of rotatable bonds is 5. The number of fused-ring (bicyclic) bond motifs is 2. The number of aromatic nitrogens is 6. The molecule has 192 valence electrons. The van der Waals surface area contributed by atoms with E-state index in [1.54, 1.807) is 12.5 Å². The summed E-state index contributed by atoms with van der Waals surface area (Å²) in [6, 6.07) is 11.9. The molecule has 2 saturated heterocycles. The first-order valence-electron chi connectivity index (χ1n) is 12.9. The summed E-state index contributed by atoms with van der Waals surface area (Å²) >= 11 is 0. The summed E-state index contributed by atoms with van der Waals surface area (Å²) in [4.78, 5) is 25.2. The van der Waals surface area contributed by atoms with Crippen LogP contribution in [0.2, 0.25) is 0 Å². The number of nitrogens with one attached hydrogen (secondary N) is 1. The number of benzene rings is 2. The van der Waals surface area contributed by atoms with Crippen molar-refractivity contribution in [3.63, 3.8) is 0 Å². The molecule has 1 atom stereocenters. The quantitative estimate of drug-likeness (QED) is 0.355. The molecule has 5 aromatic rings. The monoisotopic (exact) mass is 508 g/mol. The molecule has 5 heterocycles. The van der Waals surface area contributed by atoms with Crippen LogP contribution in [0.4, 0.5) is 17.5 Å². The van der Waals surface area contributed by atoms with E-state index in [0.29, 0.717) is 22.8 Å². The Labute approximate surface area is 219 Å². The Kier molecular flexibility index (Phi) is 5.36. The maximum Gasteiger partial charge on any atom is 0.226 e. The molecule has 2 aromatic carbocycles. The first-order chi connectivity index (χ1) is 18.6. The number of anilines is 3. The molecule has 0 aliphatic carbocycles. The number of imidazole rings is 1. The maximum atomic E-state index is 6.18. The van der Waals surface area contributed by atoms with Crippen molar-refractivity contribution in [3.05, 3.63) is 60.8 Å². The van der Waals surface area contributed by atoms with Gasteiger partial charge in [-0.25, -0.2) is 24.9 Å². The Balaban J connectivity index is 1.15. The molecule has 7 rings (SSSR count). The lowest BCUT2D eigenvalue weighted by atomic mass is 9.96. The van der Waals surface area contributed by atoms with Crippen molar-refractivity contribution < 1.29 is 9.47 Å². The van der Waals surface area contributed by atoms with Crippen molar-refractivity contribution in [2.24, 2.45) is 7.05 Å². The van der Waals surface area contributed by atoms with Crippen LogP contribution in [0.5, 0.6) is 11.5 Å². The minimum Gasteiger partial charge on any atom is -0.457 e. The van der Waals surface area contributed by atoms with Gasteiger partial charge in [0.1, 0.15) is 28.9 Å². The van der Waals surface area contributed by atoms with Crippen molar-refractivity contribution in [2.75, 3.05) is 30.0 Å². The second kappa shape index (κ2) is 8.91. The molecule has 1 spiro atoms. The highest BCUT2D eigenvalue weighted by molar-refractivity contribution is 5.87. The predicted molar refractivity (Wildman–Crippen MR) is 145 cm³/mol. The topological polar surface area (TPSA) is 103 Å². The zero-order chi connectivity index (χ0) is 25.7. The van der Waals surface area contributed by atoms with Gasteiger partial charge in [-0.05, 0) is 62.1 Å². The third-order valence-electron chi connectivity index (χ3n) is 7.65. The van der Waals surface area contributed by atoms with Crippen molar-refractivity contribution in [2.45, 2.75) is 31.7 Å². The van der Waals surface area contributed by atoms with Gasteiger partial charge in [0, 0.05) is 32.0 Å². The summed E-state index contributed by atoms with van der Waals surface area (Å²) in [5, 5.41) is 3.43. The second-order valence-electron chi connectivity index (χ2n) is 10.1. The first kappa shape index (κ1) is 22.9. The van der Waals surface area contributed by atoms with Crippen LogP contribution in [0.1, 0.15) is 24.8 Å². The highest BCUT2D eigenvalue weighted by Gasteiger charge is 2.45. The highest BCUT2D eigenvalue weighted by atomic mass is 16.5. The van der Waals surface area contributed by atoms with E-state index in [2.05, 4.69) is 30.2 Å². The van der Waals surface area contributed by atoms with Gasteiger partial charge in [0.05, 0.1) is 35.7 Å². The minimum absolute atomic E-state index is 0.00491. The van der Waals surface area contributed by atoms with E-state index in [9.17, 15) is 0 Å². The number of nitrogens with zero attached hydrogens (tertiary/aromatic N) is 7. The molecule has 0 saturated carbocycles. The number of hydrogen-bond donors (Lipinski definition) is 1. The molecular formula is C28H28N8O2. The Morgan fingerprint density at radius 2 is 1.97 bits per heavy atom. The third-order valence-corrected chi connectivity index (χ3v) is 7.65. The first-order valence-corrected chi connectivity index (χ1v) is 12.9. The molecule has 10 nitrogen and oxygen atoms in total. The van der Waals surface area contributed by atoms with Crippen LogP contribution in [-0.2, 0) is 11.8 Å². The van der Waals surface area contributed by atoms with Crippen molar-refractivity contribution in [1.29, 1.82) is 0 Å². The summed E-state index contributed by atoms with van der Waals surface area (Å²) in [5.74, 6) is 2.88. The van der Waals surface area contributed by atoms with Gasteiger partial charge in [0.2, 0.25) is 5.95 Å². The molecule has 1 N–H and O–H groups in total. The predicted octanol–water partition coefficient (Wildman–Crippen LogP) is 4.91. The zero-order valence-corrected chi connectivity index (χ0v) is 21.4. The lowest BCUT2D eigenvalue weighted by Gasteiger charge is -2.33. The third kappa shape index (κ3) is 3.88. The van der Waals surface area contributed by atoms with Crippen LogP contribution in [0.25, 0.3) is 22.1 Å². The molecule has 3 aromatic heterocycles. The lowest BCUT2D eigenvalue weighted by Crippen LogP contribution is -2.45. The summed E-state index contributed by atoms with van der Waals surface area (Å²) in [7, 11) is 1.98. The van der Waals surface area contributed by atoms with Gasteiger partial charge in [-0.15, -0.1) is 0 Å². The molecule has 38 heavy (non-hydrogen) atoms. The van der Waals surface area contributed by atoms with Gasteiger partial charge in [-0.2, -0.15) is 0 Å². The van der Waals surface area contributed by atoms with Crippen molar-refractivity contribution >= 4 is 39.5 Å². The van der Waals surface area contributed by atoms with Crippen LogP contribution in [-0.4, -0.2) is 54.8 Å². The second-order valence-corrected chi connectivity index (χ2v) is 10.1. The van der Waals surface area contributed by atoms with Crippen molar-refractivity contribution in [1.82, 2.24) is 29.5 Å². The molecule has 0 unspecified atom stereocenters. The van der Waals surface area contributed by atoms with Crippen LogP contribution in [0.3, 0.4) is 0 Å². The molecule has 0 radical (unpaired) electrons. The van der Waals surface area contributed by atoms with Gasteiger partial charge in [0.25, 0.3) is 0 Å². The summed E-state index contributed by atoms with van der Waals surface area (Å²) in [5.41, 5.74) is 5.24. The van der Waals surface area contributed by atoms with Gasteiger partial charge < -0.3 is 24.3 Å². The van der Waals surface area contributed by atoms with Crippen LogP contribution >= 0.6 is 0 Å². The fourth-order valence-corrected chi connectivity index (χ4v) is 5.61. The average Bonchev–Trinajstić information content (AvgIpc) is 3.67. The van der Waals surface area contributed by atoms with Crippen molar-refractivity contribution in [3.8, 4) is 11.5 Å². The number of ether oxygens (including phenoxy) is 2. The van der Waals surface area contributed by atoms with Gasteiger partial charge in [0.15, 0.2) is 5.82 Å². The van der Waals surface area contributed by atoms with E-state index in [4.69, 9.17) is 14.5 Å². The standard InChI is InChI=1S/C28H28N8O2/c1-18-12-19(4-7-24(18)38-20-5-6-23-21(13-20)32-17-35(23)2)33-26-25-22(30-16-31-26)14-29-27(34-25)36-10-3-8-28(36)9-11-37-15-28/h4-7,12-14,16-17H,3,8-11,15H2,1-2H3,(H,30,31,33)/t28-/m0/s1. The summed E-state index contributed by atoms with van der Waals surface area (Å²) in [6.07, 6.45) is 8.35. The van der Waals surface area contributed by atoms with E-state index in [0.717, 1.165) is 72.8 Å². The van der Waals surface area contributed by atoms with E-state index >= 15 is 0 Å². The SMILES string of the molecule is Cc1cc(Nc2ncnc3cnc(N4CCC[C@@]45CCOC5)nc23)ccc1Oc1ccc2c(c1)ncn2C. The molecular weight excluding hydrogens is 480 g/mol. The van der Waals surface area contributed by atoms with Crippen LogP contribution in [0.15, 0.2) is 55.2 Å². The minimum atomic E-state index is 0.00491. The number of hydrogen-bond acceptors (Lipinski definition) is 9. The Morgan fingerprint density at radius 1 is 1.03 bits per heavy atom. The van der Waals surface area contributed by atoms with Gasteiger partial charge >= 0.3 is 0 Å². The van der Waals surface area contributed by atoms with Gasteiger partial charge in [-0.1, -0.05) is 0 Å². The van der Waals surface area contributed by atoms with Gasteiger partial charge in [-0.3, -0.25) is 0 Å². The molecule has 10 heteroatoms. The molecule has 0 amide bonds. The van der Waals surface area contributed by atoms with E-state index < -0.39 is 0 Å². The smallest absolute Gasteiger partial charge is 0.226 e. The number of aryl methyl sites for hydroxylation is 2. The summed E-state index contributed by atoms with van der Waals surface area (Å²) < 4.78 is 13.9. The van der Waals surface area contributed by atoms with Crippen LogP contribution < -0.4 is 15.0 Å². The van der Waals surface area contributed by atoms with E-state index in [1.165, 1.54) is 6.33 Å². The molecule has 0 bridgehead atoms. The zero-order valence-electron chi connectivity index (χ0n) is 21.4. The normalized spacial score (nSPS) is 19.2. The molecule has 2 fully saturated rings. The molecule has 2 aliphatic heterocycles. The lowest BCUT2D eigenvalue weighted by molar-refractivity contribution is 0.178. The Bertz CT molecular complexity index is 1650. The fraction of sp³-hybridized carbons (Fsp3) is 0.321. The fourth-order valence-electron chi connectivity index (χ4n) is 5.61. The van der Waals surface area contributed by atoms with Crippen LogP contribution in [0, 0.1) is 6.92 Å². The molecule has 2 aliphatic rings. The van der Waals surface area contributed by atoms with E-state index in [-0.39, 0.29) is 5.54 Å². The largest absolute Gasteiger partial charge is 0.457 e. The maximum absolute atomic E-state index is 6.18. The summed E-state index contributed by atoms with van der Waals surface area (Å²) in [6.45, 7) is 4.47. The Morgan fingerprint density at radius 3 is 2.84 bits per heavy atom. The van der Waals surface area contributed by atoms with E-state index in [1.807, 2.05) is 54.9 Å².